The number of aromatic nitrogens is 2. The van der Waals surface area contributed by atoms with Gasteiger partial charge in [0, 0.05) is 32.7 Å². The molecule has 0 saturated heterocycles. The van der Waals surface area contributed by atoms with Gasteiger partial charge in [0.2, 0.25) is 0 Å². The van der Waals surface area contributed by atoms with E-state index in [-0.39, 0.29) is 0 Å². The van der Waals surface area contributed by atoms with Crippen molar-refractivity contribution in [3.63, 3.8) is 0 Å². The van der Waals surface area contributed by atoms with Crippen LogP contribution < -0.4 is 0 Å². The summed E-state index contributed by atoms with van der Waals surface area (Å²) in [6, 6.07) is 60.1. The van der Waals surface area contributed by atoms with Gasteiger partial charge in [-0.25, -0.2) is 0 Å². The highest BCUT2D eigenvalue weighted by molar-refractivity contribution is 6.15. The van der Waals surface area contributed by atoms with Gasteiger partial charge in [0.05, 0.1) is 39.0 Å². The number of fused-ring (bicyclic) bond motifs is 6. The zero-order valence-corrected chi connectivity index (χ0v) is 24.9. The molecule has 0 radical (unpaired) electrons. The average molecular weight is 586 g/mol. The summed E-state index contributed by atoms with van der Waals surface area (Å²) in [4.78, 5) is 0. The lowest BCUT2D eigenvalue weighted by atomic mass is 9.92. The molecule has 0 bridgehead atoms. The highest BCUT2D eigenvalue weighted by Gasteiger charge is 2.21. The molecule has 0 atom stereocenters. The standard InChI is InChI=1S/C43H27N3/c44-28-29-14-1-8-23-38(29)46-42-27-12-7-20-35(42)37-22-13-21-36(43(37)46)31-16-3-2-15-30(31)32-17-4-9-24-39(32)45-40-25-10-5-18-33(40)34-19-6-11-26-41(34)45/h1-27H. The van der Waals surface area contributed by atoms with Crippen LogP contribution in [-0.2, 0) is 0 Å². The molecule has 0 fully saturated rings. The number of nitrogens with zero attached hydrogens (tertiary/aromatic N) is 3. The third-order valence-electron chi connectivity index (χ3n) is 9.19. The monoisotopic (exact) mass is 585 g/mol. The van der Waals surface area contributed by atoms with E-state index in [0.29, 0.717) is 5.56 Å². The minimum Gasteiger partial charge on any atom is -0.309 e. The van der Waals surface area contributed by atoms with Crippen LogP contribution in [0.3, 0.4) is 0 Å². The molecule has 0 spiro atoms. The van der Waals surface area contributed by atoms with E-state index in [4.69, 9.17) is 0 Å². The number of para-hydroxylation sites is 6. The molecule has 3 nitrogen and oxygen atoms in total. The topological polar surface area (TPSA) is 33.6 Å². The molecule has 46 heavy (non-hydrogen) atoms. The quantitative estimate of drug-likeness (QED) is 0.202. The smallest absolute Gasteiger partial charge is 0.101 e. The first-order valence-electron chi connectivity index (χ1n) is 15.5. The first-order chi connectivity index (χ1) is 22.8. The molecule has 7 aromatic carbocycles. The largest absolute Gasteiger partial charge is 0.309 e. The van der Waals surface area contributed by atoms with E-state index in [1.807, 2.05) is 24.3 Å². The molecule has 2 heterocycles. The Morgan fingerprint density at radius 3 is 1.43 bits per heavy atom. The van der Waals surface area contributed by atoms with Gasteiger partial charge in [0.1, 0.15) is 6.07 Å². The molecule has 9 aromatic rings. The lowest BCUT2D eigenvalue weighted by Gasteiger charge is -2.18. The third-order valence-corrected chi connectivity index (χ3v) is 9.19. The van der Waals surface area contributed by atoms with Gasteiger partial charge in [-0.2, -0.15) is 5.26 Å². The van der Waals surface area contributed by atoms with Gasteiger partial charge in [0.25, 0.3) is 0 Å². The summed E-state index contributed by atoms with van der Waals surface area (Å²) in [6.07, 6.45) is 0. The van der Waals surface area contributed by atoms with Gasteiger partial charge in [-0.05, 0) is 47.5 Å². The van der Waals surface area contributed by atoms with Crippen molar-refractivity contribution in [3.8, 4) is 39.7 Å². The summed E-state index contributed by atoms with van der Waals surface area (Å²) < 4.78 is 4.67. The molecule has 0 N–H and O–H groups in total. The Hall–Kier alpha value is -6.37. The van der Waals surface area contributed by atoms with Crippen molar-refractivity contribution in [3.05, 3.63) is 169 Å². The number of hydrogen-bond donors (Lipinski definition) is 0. The van der Waals surface area contributed by atoms with Gasteiger partial charge in [-0.15, -0.1) is 0 Å². The van der Waals surface area contributed by atoms with E-state index in [1.165, 1.54) is 21.8 Å². The fourth-order valence-electron chi connectivity index (χ4n) is 7.28. The lowest BCUT2D eigenvalue weighted by Crippen LogP contribution is -2.00. The zero-order chi connectivity index (χ0) is 30.6. The van der Waals surface area contributed by atoms with Gasteiger partial charge in [-0.1, -0.05) is 127 Å². The van der Waals surface area contributed by atoms with Gasteiger partial charge in [-0.3, -0.25) is 0 Å². The SMILES string of the molecule is N#Cc1ccccc1-n1c2ccccc2c2cccc(-c3ccccc3-c3ccccc3-n3c4ccccc4c4ccccc43)c21. The van der Waals surface area contributed by atoms with E-state index >= 15 is 0 Å². The number of rotatable bonds is 4. The molecule has 0 saturated carbocycles. The second kappa shape index (κ2) is 10.4. The maximum atomic E-state index is 10.1. The molecular weight excluding hydrogens is 558 g/mol. The molecular formula is C43H27N3. The molecule has 0 amide bonds. The van der Waals surface area contributed by atoms with Crippen LogP contribution in [0.15, 0.2) is 164 Å². The first kappa shape index (κ1) is 26.1. The van der Waals surface area contributed by atoms with Crippen LogP contribution in [0.4, 0.5) is 0 Å². The maximum absolute atomic E-state index is 10.1. The van der Waals surface area contributed by atoms with E-state index in [9.17, 15) is 5.26 Å². The van der Waals surface area contributed by atoms with Crippen molar-refractivity contribution >= 4 is 43.6 Å². The molecule has 0 aliphatic carbocycles. The summed E-state index contributed by atoms with van der Waals surface area (Å²) in [5.74, 6) is 0. The lowest BCUT2D eigenvalue weighted by molar-refractivity contribution is 1.17. The summed E-state index contributed by atoms with van der Waals surface area (Å²) in [5.41, 5.74) is 11.8. The average Bonchev–Trinajstić information content (AvgIpc) is 3.65. The summed E-state index contributed by atoms with van der Waals surface area (Å²) in [7, 11) is 0. The Morgan fingerprint density at radius 2 is 0.783 bits per heavy atom. The molecule has 214 valence electrons. The maximum Gasteiger partial charge on any atom is 0.101 e. The van der Waals surface area contributed by atoms with Crippen LogP contribution in [0.2, 0.25) is 0 Å². The highest BCUT2D eigenvalue weighted by atomic mass is 15.0. The van der Waals surface area contributed by atoms with Crippen molar-refractivity contribution in [1.29, 1.82) is 5.26 Å². The fraction of sp³-hybridized carbons (Fsp3) is 0. The molecule has 3 heteroatoms. The van der Waals surface area contributed by atoms with Crippen molar-refractivity contribution in [2.24, 2.45) is 0 Å². The molecule has 2 aromatic heterocycles. The minimum atomic E-state index is 0.643. The summed E-state index contributed by atoms with van der Waals surface area (Å²) >= 11 is 0. The Bertz CT molecular complexity index is 2610. The Morgan fingerprint density at radius 1 is 0.348 bits per heavy atom. The van der Waals surface area contributed by atoms with E-state index < -0.39 is 0 Å². The van der Waals surface area contributed by atoms with E-state index in [2.05, 4.69) is 155 Å². The number of nitriles is 1. The van der Waals surface area contributed by atoms with E-state index in [1.54, 1.807) is 0 Å². The van der Waals surface area contributed by atoms with Crippen molar-refractivity contribution < 1.29 is 0 Å². The normalized spacial score (nSPS) is 11.5. The minimum absolute atomic E-state index is 0.643. The Labute approximate surface area is 266 Å². The van der Waals surface area contributed by atoms with E-state index in [0.717, 1.165) is 55.4 Å². The second-order valence-electron chi connectivity index (χ2n) is 11.6. The second-order valence-corrected chi connectivity index (χ2v) is 11.6. The summed E-state index contributed by atoms with van der Waals surface area (Å²) in [6.45, 7) is 0. The summed E-state index contributed by atoms with van der Waals surface area (Å²) in [5, 5.41) is 15.0. The van der Waals surface area contributed by atoms with Crippen LogP contribution in [0.5, 0.6) is 0 Å². The molecule has 9 rings (SSSR count). The van der Waals surface area contributed by atoms with Crippen LogP contribution in [0.1, 0.15) is 5.56 Å². The fourth-order valence-corrected chi connectivity index (χ4v) is 7.28. The van der Waals surface area contributed by atoms with Gasteiger partial charge in [0.15, 0.2) is 0 Å². The van der Waals surface area contributed by atoms with Crippen LogP contribution in [0, 0.1) is 11.3 Å². The van der Waals surface area contributed by atoms with Crippen molar-refractivity contribution in [2.45, 2.75) is 0 Å². The van der Waals surface area contributed by atoms with Gasteiger partial charge >= 0.3 is 0 Å². The van der Waals surface area contributed by atoms with Crippen LogP contribution in [0.25, 0.3) is 77.2 Å². The molecule has 0 aliphatic heterocycles. The van der Waals surface area contributed by atoms with Crippen molar-refractivity contribution in [2.75, 3.05) is 0 Å². The predicted molar refractivity (Wildman–Crippen MR) is 191 cm³/mol. The molecule has 0 unspecified atom stereocenters. The Balaban J connectivity index is 1.37. The highest BCUT2D eigenvalue weighted by Crippen LogP contribution is 2.43. The molecule has 0 aliphatic rings. The number of benzene rings is 7. The van der Waals surface area contributed by atoms with Crippen LogP contribution in [-0.4, -0.2) is 9.13 Å². The number of hydrogen-bond acceptors (Lipinski definition) is 1. The van der Waals surface area contributed by atoms with Crippen molar-refractivity contribution in [1.82, 2.24) is 9.13 Å². The van der Waals surface area contributed by atoms with Crippen LogP contribution >= 0.6 is 0 Å². The first-order valence-corrected chi connectivity index (χ1v) is 15.5. The predicted octanol–water partition coefficient (Wildman–Crippen LogP) is 11.1. The third kappa shape index (κ3) is 3.78. The van der Waals surface area contributed by atoms with Gasteiger partial charge < -0.3 is 9.13 Å². The Kier molecular flexibility index (Phi) is 5.88. The zero-order valence-electron chi connectivity index (χ0n) is 24.9.